The van der Waals surface area contributed by atoms with Gasteiger partial charge in [0.25, 0.3) is 0 Å². The molecule has 0 bridgehead atoms. The Morgan fingerprint density at radius 2 is 1.88 bits per heavy atom. The molecule has 3 nitrogen and oxygen atoms in total. The molecule has 0 spiro atoms. The Kier molecular flexibility index (Phi) is 2.90. The van der Waals surface area contributed by atoms with Crippen LogP contribution in [0.1, 0.15) is 0 Å². The lowest BCUT2D eigenvalue weighted by molar-refractivity contribution is 1.31. The largest absolute Gasteiger partial charge is 0.394 e. The van der Waals surface area contributed by atoms with Gasteiger partial charge in [0.2, 0.25) is 5.43 Å². The fraction of sp³-hybridized carbons (Fsp3) is 0. The first-order valence-corrected chi connectivity index (χ1v) is 5.27. The van der Waals surface area contributed by atoms with Gasteiger partial charge < -0.3 is 10.7 Å². The number of nitrogens with one attached hydrogen (secondary N) is 1. The first-order chi connectivity index (χ1) is 7.59. The third-order valence-electron chi connectivity index (χ3n) is 2.19. The van der Waals surface area contributed by atoms with Gasteiger partial charge in [0.1, 0.15) is 0 Å². The van der Waals surface area contributed by atoms with Gasteiger partial charge in [-0.15, -0.1) is 0 Å². The summed E-state index contributed by atoms with van der Waals surface area (Å²) in [6.45, 7) is 0. The van der Waals surface area contributed by atoms with Crippen LogP contribution in [0.4, 0.5) is 5.69 Å². The normalized spacial score (nSPS) is 10.4. The molecule has 0 aliphatic rings. The maximum atomic E-state index is 11.8. The van der Waals surface area contributed by atoms with E-state index in [2.05, 4.69) is 4.98 Å². The minimum absolute atomic E-state index is 0.147. The molecule has 5 heteroatoms. The predicted octanol–water partition coefficient (Wildman–Crippen LogP) is 2.93. The molecule has 0 amide bonds. The lowest BCUT2D eigenvalue weighted by Crippen LogP contribution is -2.10. The van der Waals surface area contributed by atoms with Crippen LogP contribution >= 0.6 is 23.2 Å². The monoisotopic (exact) mass is 254 g/mol. The molecule has 0 fully saturated rings. The number of nitrogen functional groups attached to an aromatic ring is 1. The summed E-state index contributed by atoms with van der Waals surface area (Å²) in [6.07, 6.45) is 2.99. The second-order valence-electron chi connectivity index (χ2n) is 3.28. The molecule has 2 rings (SSSR count). The Morgan fingerprint density at radius 3 is 2.62 bits per heavy atom. The minimum atomic E-state index is -0.261. The van der Waals surface area contributed by atoms with Crippen molar-refractivity contribution in [2.75, 3.05) is 5.73 Å². The predicted molar refractivity (Wildman–Crippen MR) is 66.9 cm³/mol. The lowest BCUT2D eigenvalue weighted by atomic mass is 10.1. The molecule has 16 heavy (non-hydrogen) atoms. The first-order valence-electron chi connectivity index (χ1n) is 4.51. The zero-order valence-electron chi connectivity index (χ0n) is 8.13. The number of hydrogen-bond acceptors (Lipinski definition) is 2. The summed E-state index contributed by atoms with van der Waals surface area (Å²) in [5.41, 5.74) is 6.39. The van der Waals surface area contributed by atoms with Gasteiger partial charge in [0.05, 0.1) is 5.69 Å². The number of aromatic amines is 1. The van der Waals surface area contributed by atoms with Crippen molar-refractivity contribution >= 4 is 28.9 Å². The first kappa shape index (κ1) is 11.0. The van der Waals surface area contributed by atoms with Crippen molar-refractivity contribution in [3.8, 4) is 11.1 Å². The minimum Gasteiger partial charge on any atom is -0.394 e. The van der Waals surface area contributed by atoms with E-state index in [1.807, 2.05) is 0 Å². The van der Waals surface area contributed by atoms with Crippen LogP contribution in [0.2, 0.25) is 10.0 Å². The molecule has 82 valence electrons. The fourth-order valence-corrected chi connectivity index (χ4v) is 1.80. The Morgan fingerprint density at radius 1 is 1.12 bits per heavy atom. The van der Waals surface area contributed by atoms with Crippen LogP contribution in [0.15, 0.2) is 35.4 Å². The van der Waals surface area contributed by atoms with Gasteiger partial charge in [0, 0.05) is 33.6 Å². The summed E-state index contributed by atoms with van der Waals surface area (Å²) < 4.78 is 0. The summed E-state index contributed by atoms with van der Waals surface area (Å²) in [7, 11) is 0. The van der Waals surface area contributed by atoms with E-state index >= 15 is 0 Å². The highest BCUT2D eigenvalue weighted by Crippen LogP contribution is 2.28. The SMILES string of the molecule is Nc1c[nH]cc(-c2cc(Cl)ccc2Cl)c1=O. The zero-order valence-corrected chi connectivity index (χ0v) is 9.64. The molecule has 0 radical (unpaired) electrons. The molecular formula is C11H8Cl2N2O. The number of H-pyrrole nitrogens is 1. The molecule has 0 saturated carbocycles. The summed E-state index contributed by atoms with van der Waals surface area (Å²) in [5, 5.41) is 0.974. The van der Waals surface area contributed by atoms with Crippen molar-refractivity contribution < 1.29 is 0 Å². The molecule has 1 heterocycles. The van der Waals surface area contributed by atoms with Crippen molar-refractivity contribution in [2.45, 2.75) is 0 Å². The molecule has 2 aromatic rings. The summed E-state index contributed by atoms with van der Waals surface area (Å²) in [4.78, 5) is 14.6. The van der Waals surface area contributed by atoms with Gasteiger partial charge in [-0.1, -0.05) is 23.2 Å². The highest BCUT2D eigenvalue weighted by atomic mass is 35.5. The molecule has 1 aromatic carbocycles. The van der Waals surface area contributed by atoms with Crippen LogP contribution in [-0.4, -0.2) is 4.98 Å². The van der Waals surface area contributed by atoms with Crippen LogP contribution in [0, 0.1) is 0 Å². The van der Waals surface area contributed by atoms with Gasteiger partial charge in [-0.05, 0) is 18.2 Å². The van der Waals surface area contributed by atoms with E-state index in [-0.39, 0.29) is 11.1 Å². The van der Waals surface area contributed by atoms with Crippen LogP contribution in [0.25, 0.3) is 11.1 Å². The van der Waals surface area contributed by atoms with Crippen molar-refractivity contribution in [3.05, 3.63) is 50.9 Å². The molecule has 0 saturated heterocycles. The second-order valence-corrected chi connectivity index (χ2v) is 4.12. The van der Waals surface area contributed by atoms with Crippen LogP contribution < -0.4 is 11.2 Å². The van der Waals surface area contributed by atoms with Crippen molar-refractivity contribution in [3.63, 3.8) is 0 Å². The third-order valence-corrected chi connectivity index (χ3v) is 2.76. The number of hydrogen-bond donors (Lipinski definition) is 2. The number of benzene rings is 1. The molecule has 0 aliphatic heterocycles. The van der Waals surface area contributed by atoms with Gasteiger partial charge in [0.15, 0.2) is 0 Å². The van der Waals surface area contributed by atoms with Gasteiger partial charge in [-0.3, -0.25) is 4.79 Å². The topological polar surface area (TPSA) is 58.9 Å². The summed E-state index contributed by atoms with van der Waals surface area (Å²) in [5.74, 6) is 0. The molecule has 0 atom stereocenters. The van der Waals surface area contributed by atoms with E-state index in [0.717, 1.165) is 0 Å². The number of halogens is 2. The van der Waals surface area contributed by atoms with Crippen LogP contribution in [0.3, 0.4) is 0 Å². The average Bonchev–Trinajstić information content (AvgIpc) is 2.26. The highest BCUT2D eigenvalue weighted by Gasteiger charge is 2.09. The molecule has 0 aliphatic carbocycles. The van der Waals surface area contributed by atoms with E-state index in [0.29, 0.717) is 21.2 Å². The zero-order chi connectivity index (χ0) is 11.7. The van der Waals surface area contributed by atoms with Gasteiger partial charge in [-0.25, -0.2) is 0 Å². The number of aromatic nitrogens is 1. The standard InChI is InChI=1S/C11H8Cl2N2O/c12-6-1-2-9(13)7(3-6)8-4-15-5-10(14)11(8)16/h1-5H,14H2,(H,15,16). The second kappa shape index (κ2) is 4.20. The van der Waals surface area contributed by atoms with Gasteiger partial charge >= 0.3 is 0 Å². The van der Waals surface area contributed by atoms with E-state index in [1.54, 1.807) is 24.4 Å². The smallest absolute Gasteiger partial charge is 0.212 e. The average molecular weight is 255 g/mol. The fourth-order valence-electron chi connectivity index (χ4n) is 1.41. The Labute approximate surface area is 102 Å². The lowest BCUT2D eigenvalue weighted by Gasteiger charge is -2.04. The number of pyridine rings is 1. The Hall–Kier alpha value is -1.45. The molecule has 0 unspecified atom stereocenters. The van der Waals surface area contributed by atoms with Crippen molar-refractivity contribution in [1.29, 1.82) is 0 Å². The third kappa shape index (κ3) is 1.92. The maximum Gasteiger partial charge on any atom is 0.212 e. The maximum absolute atomic E-state index is 11.8. The van der Waals surface area contributed by atoms with E-state index in [1.165, 1.54) is 6.20 Å². The van der Waals surface area contributed by atoms with E-state index in [9.17, 15) is 4.79 Å². The van der Waals surface area contributed by atoms with Crippen LogP contribution in [-0.2, 0) is 0 Å². The number of rotatable bonds is 1. The molecular weight excluding hydrogens is 247 g/mol. The number of nitrogens with two attached hydrogens (primary N) is 1. The van der Waals surface area contributed by atoms with Crippen LogP contribution in [0.5, 0.6) is 0 Å². The highest BCUT2D eigenvalue weighted by molar-refractivity contribution is 6.35. The van der Waals surface area contributed by atoms with Crippen molar-refractivity contribution in [1.82, 2.24) is 4.98 Å². The van der Waals surface area contributed by atoms with E-state index < -0.39 is 0 Å². The summed E-state index contributed by atoms with van der Waals surface area (Å²) >= 11 is 11.9. The molecule has 3 N–H and O–H groups in total. The Balaban J connectivity index is 2.72. The molecule has 1 aromatic heterocycles. The quantitative estimate of drug-likeness (QED) is 0.822. The number of anilines is 1. The Bertz CT molecular complexity index is 593. The van der Waals surface area contributed by atoms with Gasteiger partial charge in [-0.2, -0.15) is 0 Å². The van der Waals surface area contributed by atoms with Crippen molar-refractivity contribution in [2.24, 2.45) is 0 Å². The summed E-state index contributed by atoms with van der Waals surface area (Å²) in [6, 6.07) is 4.93. The van der Waals surface area contributed by atoms with E-state index in [4.69, 9.17) is 28.9 Å².